The lowest BCUT2D eigenvalue weighted by molar-refractivity contribution is 0.119. The molecule has 2 aromatic rings. The normalized spacial score (nSPS) is 10.5. The summed E-state index contributed by atoms with van der Waals surface area (Å²) in [5.41, 5.74) is 1.21. The van der Waals surface area contributed by atoms with Crippen LogP contribution in [0.5, 0.6) is 5.75 Å². The fourth-order valence-electron chi connectivity index (χ4n) is 1.29. The molecule has 0 saturated carbocycles. The van der Waals surface area contributed by atoms with Crippen LogP contribution in [-0.2, 0) is 11.4 Å². The summed E-state index contributed by atoms with van der Waals surface area (Å²) in [4.78, 5) is 4.51. The zero-order valence-corrected chi connectivity index (χ0v) is 7.87. The summed E-state index contributed by atoms with van der Waals surface area (Å²) in [7, 11) is 0. The van der Waals surface area contributed by atoms with E-state index in [1.54, 1.807) is 24.3 Å². The molecule has 15 heavy (non-hydrogen) atoms. The summed E-state index contributed by atoms with van der Waals surface area (Å²) < 4.78 is 1.47. The zero-order valence-electron chi connectivity index (χ0n) is 7.87. The Hall–Kier alpha value is -1.92. The third-order valence-corrected chi connectivity index (χ3v) is 1.96. The van der Waals surface area contributed by atoms with Crippen LogP contribution < -0.4 is 5.90 Å². The molecular formula is C9H10N4O2. The van der Waals surface area contributed by atoms with Crippen LogP contribution in [-0.4, -0.2) is 20.1 Å². The molecule has 0 atom stereocenters. The number of aromatic hydroxyl groups is 1. The summed E-state index contributed by atoms with van der Waals surface area (Å²) in [6.45, 7) is 0.182. The molecule has 0 aliphatic heterocycles. The third-order valence-electron chi connectivity index (χ3n) is 1.96. The fraction of sp³-hybridized carbons (Fsp3) is 0.111. The number of benzene rings is 1. The number of hydrogen-bond acceptors (Lipinski definition) is 5. The molecule has 0 amide bonds. The van der Waals surface area contributed by atoms with Gasteiger partial charge < -0.3 is 5.11 Å². The van der Waals surface area contributed by atoms with Crippen molar-refractivity contribution in [1.29, 1.82) is 0 Å². The van der Waals surface area contributed by atoms with E-state index in [9.17, 15) is 5.11 Å². The van der Waals surface area contributed by atoms with Crippen LogP contribution in [0.25, 0.3) is 5.69 Å². The highest BCUT2D eigenvalue weighted by Crippen LogP contribution is 2.20. The molecule has 6 heteroatoms. The SMILES string of the molecule is NOCc1cnnn1-c1ccccc1O. The Bertz CT molecular complexity index is 455. The Morgan fingerprint density at radius 1 is 1.40 bits per heavy atom. The predicted octanol–water partition coefficient (Wildman–Crippen LogP) is 0.363. The van der Waals surface area contributed by atoms with Crippen molar-refractivity contribution in [2.45, 2.75) is 6.61 Å². The van der Waals surface area contributed by atoms with E-state index < -0.39 is 0 Å². The first-order chi connectivity index (χ1) is 7.33. The largest absolute Gasteiger partial charge is 0.506 e. The van der Waals surface area contributed by atoms with E-state index in [1.165, 1.54) is 10.9 Å². The summed E-state index contributed by atoms with van der Waals surface area (Å²) in [6.07, 6.45) is 1.53. The Balaban J connectivity index is 2.45. The predicted molar refractivity (Wildman–Crippen MR) is 52.0 cm³/mol. The van der Waals surface area contributed by atoms with Crippen molar-refractivity contribution in [2.75, 3.05) is 0 Å². The second-order valence-corrected chi connectivity index (χ2v) is 2.94. The van der Waals surface area contributed by atoms with Crippen molar-refractivity contribution in [2.24, 2.45) is 5.90 Å². The van der Waals surface area contributed by atoms with Crippen LogP contribution in [0.4, 0.5) is 0 Å². The van der Waals surface area contributed by atoms with Gasteiger partial charge in [-0.05, 0) is 12.1 Å². The van der Waals surface area contributed by atoms with Gasteiger partial charge >= 0.3 is 0 Å². The standard InChI is InChI=1S/C9H10N4O2/c10-15-6-7-5-11-12-13(7)8-3-1-2-4-9(8)14/h1-5,14H,6,10H2. The monoisotopic (exact) mass is 206 g/mol. The molecule has 0 aliphatic carbocycles. The number of aromatic nitrogens is 3. The lowest BCUT2D eigenvalue weighted by Gasteiger charge is -2.06. The van der Waals surface area contributed by atoms with Crippen LogP contribution in [0, 0.1) is 0 Å². The van der Waals surface area contributed by atoms with Gasteiger partial charge in [0.15, 0.2) is 0 Å². The third kappa shape index (κ3) is 1.80. The first kappa shape index (κ1) is 9.63. The molecule has 3 N–H and O–H groups in total. The second kappa shape index (κ2) is 4.07. The Labute approximate surface area is 85.9 Å². The molecule has 1 heterocycles. The van der Waals surface area contributed by atoms with Gasteiger partial charge in [0, 0.05) is 0 Å². The Morgan fingerprint density at radius 2 is 2.20 bits per heavy atom. The topological polar surface area (TPSA) is 86.2 Å². The van der Waals surface area contributed by atoms with Gasteiger partial charge in [0.05, 0.1) is 11.9 Å². The molecule has 6 nitrogen and oxygen atoms in total. The number of phenols is 1. The average molecular weight is 206 g/mol. The molecule has 78 valence electrons. The van der Waals surface area contributed by atoms with Crippen LogP contribution in [0.2, 0.25) is 0 Å². The van der Waals surface area contributed by atoms with Gasteiger partial charge in [-0.15, -0.1) is 5.10 Å². The first-order valence-corrected chi connectivity index (χ1v) is 4.32. The molecule has 1 aromatic heterocycles. The van der Waals surface area contributed by atoms with Crippen LogP contribution in [0.1, 0.15) is 5.69 Å². The van der Waals surface area contributed by atoms with Gasteiger partial charge in [-0.1, -0.05) is 17.3 Å². The minimum atomic E-state index is 0.126. The van der Waals surface area contributed by atoms with Crippen molar-refractivity contribution in [3.8, 4) is 11.4 Å². The molecule has 0 aliphatic rings. The van der Waals surface area contributed by atoms with Gasteiger partial charge in [-0.25, -0.2) is 10.6 Å². The number of hydrogen-bond donors (Lipinski definition) is 2. The molecule has 2 rings (SSSR count). The van der Waals surface area contributed by atoms with E-state index in [2.05, 4.69) is 15.1 Å². The number of phenolic OH excluding ortho intramolecular Hbond substituents is 1. The zero-order chi connectivity index (χ0) is 10.7. The van der Waals surface area contributed by atoms with Crippen LogP contribution in [0.3, 0.4) is 0 Å². The minimum Gasteiger partial charge on any atom is -0.506 e. The van der Waals surface area contributed by atoms with E-state index in [-0.39, 0.29) is 12.4 Å². The van der Waals surface area contributed by atoms with E-state index in [1.807, 2.05) is 0 Å². The lowest BCUT2D eigenvalue weighted by atomic mass is 10.3. The number of nitrogens with two attached hydrogens (primary N) is 1. The maximum atomic E-state index is 9.61. The molecule has 1 aromatic carbocycles. The van der Waals surface area contributed by atoms with Crippen molar-refractivity contribution < 1.29 is 9.94 Å². The molecule has 0 unspecified atom stereocenters. The second-order valence-electron chi connectivity index (χ2n) is 2.94. The molecule has 0 saturated heterocycles. The fourth-order valence-corrected chi connectivity index (χ4v) is 1.29. The minimum absolute atomic E-state index is 0.126. The van der Waals surface area contributed by atoms with Crippen LogP contribution in [0.15, 0.2) is 30.5 Å². The lowest BCUT2D eigenvalue weighted by Crippen LogP contribution is -2.06. The maximum absolute atomic E-state index is 9.61. The van der Waals surface area contributed by atoms with E-state index in [0.29, 0.717) is 11.4 Å². The quantitative estimate of drug-likeness (QED) is 0.708. The molecule has 0 fully saturated rings. The van der Waals surface area contributed by atoms with E-state index >= 15 is 0 Å². The molecule has 0 spiro atoms. The van der Waals surface area contributed by atoms with Crippen LogP contribution >= 0.6 is 0 Å². The Morgan fingerprint density at radius 3 is 2.93 bits per heavy atom. The number of rotatable bonds is 3. The number of para-hydroxylation sites is 2. The van der Waals surface area contributed by atoms with E-state index in [0.717, 1.165) is 0 Å². The van der Waals surface area contributed by atoms with Gasteiger partial charge in [-0.2, -0.15) is 0 Å². The smallest absolute Gasteiger partial charge is 0.141 e. The summed E-state index contributed by atoms with van der Waals surface area (Å²) in [6, 6.07) is 6.83. The van der Waals surface area contributed by atoms with Gasteiger partial charge in [-0.3, -0.25) is 4.84 Å². The number of nitrogens with zero attached hydrogens (tertiary/aromatic N) is 3. The maximum Gasteiger partial charge on any atom is 0.141 e. The van der Waals surface area contributed by atoms with Gasteiger partial charge in [0.25, 0.3) is 0 Å². The average Bonchev–Trinajstić information content (AvgIpc) is 2.67. The molecular weight excluding hydrogens is 196 g/mol. The van der Waals surface area contributed by atoms with Crippen molar-refractivity contribution in [3.05, 3.63) is 36.2 Å². The summed E-state index contributed by atoms with van der Waals surface area (Å²) in [5.74, 6) is 5.10. The van der Waals surface area contributed by atoms with E-state index in [4.69, 9.17) is 5.90 Å². The highest BCUT2D eigenvalue weighted by molar-refractivity contribution is 5.45. The summed E-state index contributed by atoms with van der Waals surface area (Å²) >= 11 is 0. The van der Waals surface area contributed by atoms with Gasteiger partial charge in [0.1, 0.15) is 18.0 Å². The molecule has 0 bridgehead atoms. The highest BCUT2D eigenvalue weighted by Gasteiger charge is 2.08. The van der Waals surface area contributed by atoms with Crippen molar-refractivity contribution in [1.82, 2.24) is 15.0 Å². The first-order valence-electron chi connectivity index (χ1n) is 4.32. The highest BCUT2D eigenvalue weighted by atomic mass is 16.6. The van der Waals surface area contributed by atoms with Crippen molar-refractivity contribution >= 4 is 0 Å². The Kier molecular flexibility index (Phi) is 2.61. The van der Waals surface area contributed by atoms with Gasteiger partial charge in [0.2, 0.25) is 0 Å². The summed E-state index contributed by atoms with van der Waals surface area (Å²) in [5, 5.41) is 17.2. The molecule has 0 radical (unpaired) electrons. The van der Waals surface area contributed by atoms with Crippen molar-refractivity contribution in [3.63, 3.8) is 0 Å².